The van der Waals surface area contributed by atoms with Crippen LogP contribution in [0.3, 0.4) is 0 Å². The molecule has 2 heteroatoms. The number of nitrogen functional groups attached to an aromatic ring is 1. The highest BCUT2D eigenvalue weighted by Gasteiger charge is 2.06. The standard InChI is InChI=1S/C13H16N2/c1-9(2)10-7-8-13(15-14)12-6-4-3-5-11(10)12/h3-9,15H,14H2,1-2H3. The summed E-state index contributed by atoms with van der Waals surface area (Å²) in [6, 6.07) is 12.5. The molecule has 0 radical (unpaired) electrons. The lowest BCUT2D eigenvalue weighted by Gasteiger charge is -2.12. The van der Waals surface area contributed by atoms with E-state index in [4.69, 9.17) is 5.84 Å². The Hall–Kier alpha value is -1.54. The van der Waals surface area contributed by atoms with Gasteiger partial charge >= 0.3 is 0 Å². The Bertz CT molecular complexity index is 475. The Morgan fingerprint density at radius 2 is 1.67 bits per heavy atom. The lowest BCUT2D eigenvalue weighted by molar-refractivity contribution is 0.876. The van der Waals surface area contributed by atoms with Crippen molar-refractivity contribution in [2.75, 3.05) is 5.43 Å². The number of benzene rings is 2. The van der Waals surface area contributed by atoms with E-state index in [0.717, 1.165) is 5.69 Å². The van der Waals surface area contributed by atoms with Crippen LogP contribution in [0.15, 0.2) is 36.4 Å². The molecule has 78 valence electrons. The van der Waals surface area contributed by atoms with Crippen molar-refractivity contribution in [2.24, 2.45) is 5.84 Å². The third kappa shape index (κ3) is 1.68. The fourth-order valence-electron chi connectivity index (χ4n) is 1.95. The molecule has 0 heterocycles. The van der Waals surface area contributed by atoms with Crippen molar-refractivity contribution in [3.63, 3.8) is 0 Å². The molecule has 0 amide bonds. The summed E-state index contributed by atoms with van der Waals surface area (Å²) in [5.41, 5.74) is 5.08. The number of hydrogen-bond donors (Lipinski definition) is 2. The van der Waals surface area contributed by atoms with E-state index in [1.807, 2.05) is 12.1 Å². The molecule has 0 atom stereocenters. The molecule has 3 N–H and O–H groups in total. The van der Waals surface area contributed by atoms with E-state index in [1.165, 1.54) is 16.3 Å². The number of hydrazine groups is 1. The molecular formula is C13H16N2. The van der Waals surface area contributed by atoms with Gasteiger partial charge in [0.25, 0.3) is 0 Å². The molecule has 0 saturated carbocycles. The molecule has 0 aliphatic carbocycles. The molecule has 0 aliphatic heterocycles. The molecule has 15 heavy (non-hydrogen) atoms. The van der Waals surface area contributed by atoms with Gasteiger partial charge in [0.15, 0.2) is 0 Å². The minimum Gasteiger partial charge on any atom is -0.324 e. The Morgan fingerprint density at radius 3 is 2.27 bits per heavy atom. The van der Waals surface area contributed by atoms with Crippen molar-refractivity contribution < 1.29 is 0 Å². The van der Waals surface area contributed by atoms with Crippen LogP contribution in [0.4, 0.5) is 5.69 Å². The maximum absolute atomic E-state index is 5.49. The van der Waals surface area contributed by atoms with Crippen LogP contribution in [0, 0.1) is 0 Å². The average Bonchev–Trinajstić information content (AvgIpc) is 2.27. The summed E-state index contributed by atoms with van der Waals surface area (Å²) in [6.07, 6.45) is 0. The molecule has 0 saturated heterocycles. The third-order valence-electron chi connectivity index (χ3n) is 2.74. The van der Waals surface area contributed by atoms with Gasteiger partial charge in [-0.1, -0.05) is 44.2 Å². The number of rotatable bonds is 2. The van der Waals surface area contributed by atoms with Crippen LogP contribution in [0.2, 0.25) is 0 Å². The smallest absolute Gasteiger partial charge is 0.0563 e. The van der Waals surface area contributed by atoms with E-state index in [9.17, 15) is 0 Å². The van der Waals surface area contributed by atoms with Gasteiger partial charge < -0.3 is 5.43 Å². The van der Waals surface area contributed by atoms with Gasteiger partial charge in [0.2, 0.25) is 0 Å². The summed E-state index contributed by atoms with van der Waals surface area (Å²) in [6.45, 7) is 4.41. The average molecular weight is 200 g/mol. The summed E-state index contributed by atoms with van der Waals surface area (Å²) in [4.78, 5) is 0. The molecular weight excluding hydrogens is 184 g/mol. The van der Waals surface area contributed by atoms with Crippen molar-refractivity contribution in [3.8, 4) is 0 Å². The van der Waals surface area contributed by atoms with E-state index in [0.29, 0.717) is 5.92 Å². The molecule has 0 aromatic heterocycles. The second kappa shape index (κ2) is 3.91. The first-order valence-corrected chi connectivity index (χ1v) is 5.22. The highest BCUT2D eigenvalue weighted by molar-refractivity contribution is 5.96. The minimum absolute atomic E-state index is 0.529. The molecule has 0 aliphatic rings. The predicted molar refractivity (Wildman–Crippen MR) is 65.8 cm³/mol. The lowest BCUT2D eigenvalue weighted by atomic mass is 9.95. The molecule has 0 spiro atoms. The Morgan fingerprint density at radius 1 is 1.00 bits per heavy atom. The summed E-state index contributed by atoms with van der Waals surface area (Å²) < 4.78 is 0. The van der Waals surface area contributed by atoms with E-state index >= 15 is 0 Å². The van der Waals surface area contributed by atoms with Crippen LogP contribution in [0.1, 0.15) is 25.3 Å². The number of anilines is 1. The quantitative estimate of drug-likeness (QED) is 0.577. The number of nitrogens with one attached hydrogen (secondary N) is 1. The summed E-state index contributed by atoms with van der Waals surface area (Å²) >= 11 is 0. The molecule has 2 aromatic carbocycles. The third-order valence-corrected chi connectivity index (χ3v) is 2.74. The Balaban J connectivity index is 2.77. The van der Waals surface area contributed by atoms with E-state index < -0.39 is 0 Å². The van der Waals surface area contributed by atoms with Gasteiger partial charge in [0.05, 0.1) is 5.69 Å². The summed E-state index contributed by atoms with van der Waals surface area (Å²) in [5.74, 6) is 6.02. The van der Waals surface area contributed by atoms with Gasteiger partial charge in [-0.25, -0.2) is 0 Å². The lowest BCUT2D eigenvalue weighted by Crippen LogP contribution is -2.07. The summed E-state index contributed by atoms with van der Waals surface area (Å²) in [7, 11) is 0. The first-order valence-electron chi connectivity index (χ1n) is 5.22. The van der Waals surface area contributed by atoms with Crippen LogP contribution in [0.25, 0.3) is 10.8 Å². The summed E-state index contributed by atoms with van der Waals surface area (Å²) in [5, 5.41) is 2.47. The van der Waals surface area contributed by atoms with Crippen LogP contribution < -0.4 is 11.3 Å². The minimum atomic E-state index is 0.529. The SMILES string of the molecule is CC(C)c1ccc(NN)c2ccccc12. The fourth-order valence-corrected chi connectivity index (χ4v) is 1.95. The van der Waals surface area contributed by atoms with Crippen LogP contribution in [-0.4, -0.2) is 0 Å². The zero-order valence-corrected chi connectivity index (χ0v) is 9.12. The molecule has 2 nitrogen and oxygen atoms in total. The number of hydrogen-bond acceptors (Lipinski definition) is 2. The molecule has 0 bridgehead atoms. The molecule has 2 aromatic rings. The van der Waals surface area contributed by atoms with Crippen molar-refractivity contribution in [1.29, 1.82) is 0 Å². The van der Waals surface area contributed by atoms with Gasteiger partial charge in [-0.3, -0.25) is 5.84 Å². The maximum atomic E-state index is 5.49. The van der Waals surface area contributed by atoms with Crippen LogP contribution >= 0.6 is 0 Å². The van der Waals surface area contributed by atoms with Crippen molar-refractivity contribution in [1.82, 2.24) is 0 Å². The van der Waals surface area contributed by atoms with Gasteiger partial charge in [0, 0.05) is 5.39 Å². The van der Waals surface area contributed by atoms with Gasteiger partial charge in [-0.2, -0.15) is 0 Å². The molecule has 0 unspecified atom stereocenters. The van der Waals surface area contributed by atoms with Gasteiger partial charge in [-0.15, -0.1) is 0 Å². The number of nitrogens with two attached hydrogens (primary N) is 1. The number of fused-ring (bicyclic) bond motifs is 1. The second-order valence-corrected chi connectivity index (χ2v) is 4.05. The largest absolute Gasteiger partial charge is 0.324 e. The van der Waals surface area contributed by atoms with Gasteiger partial charge in [0.1, 0.15) is 0 Å². The fraction of sp³-hybridized carbons (Fsp3) is 0.231. The maximum Gasteiger partial charge on any atom is 0.0563 e. The zero-order chi connectivity index (χ0) is 10.8. The van der Waals surface area contributed by atoms with Crippen LogP contribution in [-0.2, 0) is 0 Å². The topological polar surface area (TPSA) is 38.0 Å². The Labute approximate surface area is 90.1 Å². The normalized spacial score (nSPS) is 10.9. The molecule has 0 fully saturated rings. The predicted octanol–water partition coefficient (Wildman–Crippen LogP) is 3.25. The van der Waals surface area contributed by atoms with Crippen molar-refractivity contribution in [2.45, 2.75) is 19.8 Å². The van der Waals surface area contributed by atoms with E-state index in [2.05, 4.69) is 43.5 Å². The van der Waals surface area contributed by atoms with Crippen LogP contribution in [0.5, 0.6) is 0 Å². The molecule has 2 rings (SSSR count). The highest BCUT2D eigenvalue weighted by atomic mass is 15.2. The Kier molecular flexibility index (Phi) is 2.60. The van der Waals surface area contributed by atoms with E-state index in [1.54, 1.807) is 0 Å². The van der Waals surface area contributed by atoms with Gasteiger partial charge in [-0.05, 0) is 22.9 Å². The first kappa shape index (κ1) is 9.99. The monoisotopic (exact) mass is 200 g/mol. The zero-order valence-electron chi connectivity index (χ0n) is 9.12. The van der Waals surface area contributed by atoms with E-state index in [-0.39, 0.29) is 0 Å². The van der Waals surface area contributed by atoms with Crippen molar-refractivity contribution in [3.05, 3.63) is 42.0 Å². The van der Waals surface area contributed by atoms with Crippen molar-refractivity contribution >= 4 is 16.5 Å². The highest BCUT2D eigenvalue weighted by Crippen LogP contribution is 2.30. The second-order valence-electron chi connectivity index (χ2n) is 4.05. The first-order chi connectivity index (χ1) is 7.24.